The lowest BCUT2D eigenvalue weighted by Crippen LogP contribution is -2.16. The molecule has 90 valence electrons. The molecule has 1 aromatic rings. The number of esters is 1. The van der Waals surface area contributed by atoms with E-state index >= 15 is 0 Å². The van der Waals surface area contributed by atoms with Crippen LogP contribution in [0.2, 0.25) is 0 Å². The Morgan fingerprint density at radius 1 is 1.35 bits per heavy atom. The normalized spacial score (nSPS) is 26.9. The van der Waals surface area contributed by atoms with Gasteiger partial charge < -0.3 is 14.2 Å². The fraction of sp³-hybridized carbons (Fsp3) is 0.462. The number of benzene rings is 1. The molecule has 3 rings (SSSR count). The van der Waals surface area contributed by atoms with Crippen molar-refractivity contribution < 1.29 is 19.0 Å². The second kappa shape index (κ2) is 4.47. The van der Waals surface area contributed by atoms with Crippen LogP contribution in [0.4, 0.5) is 0 Å². The van der Waals surface area contributed by atoms with Crippen molar-refractivity contribution >= 4 is 5.97 Å². The maximum absolute atomic E-state index is 11.5. The van der Waals surface area contributed by atoms with Gasteiger partial charge >= 0.3 is 5.97 Å². The highest BCUT2D eigenvalue weighted by molar-refractivity contribution is 5.93. The summed E-state index contributed by atoms with van der Waals surface area (Å²) in [5.74, 6) is -0.307. The smallest absolute Gasteiger partial charge is 0.341 e. The van der Waals surface area contributed by atoms with Gasteiger partial charge in [-0.05, 0) is 18.9 Å². The number of fused-ring (bicyclic) bond motifs is 1. The molecule has 1 fully saturated rings. The molecule has 0 saturated carbocycles. The van der Waals surface area contributed by atoms with Crippen molar-refractivity contribution in [1.82, 2.24) is 0 Å². The molecule has 0 aromatic heterocycles. The van der Waals surface area contributed by atoms with E-state index in [0.29, 0.717) is 12.2 Å². The van der Waals surface area contributed by atoms with Gasteiger partial charge in [0.05, 0.1) is 18.3 Å². The van der Waals surface area contributed by atoms with Crippen LogP contribution in [0.15, 0.2) is 24.3 Å². The first kappa shape index (κ1) is 10.7. The van der Waals surface area contributed by atoms with Gasteiger partial charge in [-0.1, -0.05) is 18.2 Å². The Morgan fingerprint density at radius 2 is 2.24 bits per heavy atom. The molecule has 0 spiro atoms. The number of cyclic esters (lactones) is 1. The van der Waals surface area contributed by atoms with Crippen LogP contribution in [0.3, 0.4) is 0 Å². The van der Waals surface area contributed by atoms with E-state index in [0.717, 1.165) is 25.0 Å². The highest BCUT2D eigenvalue weighted by Gasteiger charge is 2.32. The summed E-state index contributed by atoms with van der Waals surface area (Å²) in [5.41, 5.74) is 1.42. The van der Waals surface area contributed by atoms with Gasteiger partial charge in [0.1, 0.15) is 0 Å². The number of hydrogen-bond acceptors (Lipinski definition) is 4. The van der Waals surface area contributed by atoms with Crippen molar-refractivity contribution in [2.75, 3.05) is 13.2 Å². The number of rotatable bonds is 3. The molecule has 2 unspecified atom stereocenters. The zero-order valence-electron chi connectivity index (χ0n) is 9.43. The highest BCUT2D eigenvalue weighted by atomic mass is 16.7. The molecule has 2 aliphatic heterocycles. The molecular formula is C13H14O4. The lowest BCUT2D eigenvalue weighted by Gasteiger charge is -2.15. The van der Waals surface area contributed by atoms with Crippen molar-refractivity contribution in [2.24, 2.45) is 0 Å². The Kier molecular flexibility index (Phi) is 2.82. The van der Waals surface area contributed by atoms with Crippen LogP contribution in [0.5, 0.6) is 0 Å². The highest BCUT2D eigenvalue weighted by Crippen LogP contribution is 2.31. The Morgan fingerprint density at radius 3 is 3.06 bits per heavy atom. The number of hydrogen-bond donors (Lipinski definition) is 0. The summed E-state index contributed by atoms with van der Waals surface area (Å²) in [6.45, 7) is 1.28. The van der Waals surface area contributed by atoms with Crippen molar-refractivity contribution in [3.8, 4) is 0 Å². The maximum Gasteiger partial charge on any atom is 0.341 e. The van der Waals surface area contributed by atoms with Gasteiger partial charge in [0.25, 0.3) is 0 Å². The maximum atomic E-state index is 11.5. The molecule has 4 nitrogen and oxygen atoms in total. The van der Waals surface area contributed by atoms with Crippen LogP contribution in [0.25, 0.3) is 0 Å². The Balaban J connectivity index is 1.67. The standard InChI is InChI=1S/C13H14O4/c14-12-10-5-1-2-6-11(10)13(17-12)16-8-9-4-3-7-15-9/h1-2,5-6,9,13H,3-4,7-8H2. The number of carbonyl (C=O) groups is 1. The largest absolute Gasteiger partial charge is 0.428 e. The van der Waals surface area contributed by atoms with Gasteiger partial charge in [0.15, 0.2) is 0 Å². The first-order chi connectivity index (χ1) is 8.34. The van der Waals surface area contributed by atoms with E-state index in [9.17, 15) is 4.79 Å². The van der Waals surface area contributed by atoms with E-state index in [-0.39, 0.29) is 12.1 Å². The lowest BCUT2D eigenvalue weighted by atomic mass is 10.1. The Labute approximate surface area is 99.5 Å². The minimum atomic E-state index is -0.567. The molecule has 0 amide bonds. The zero-order valence-corrected chi connectivity index (χ0v) is 9.43. The molecule has 2 heterocycles. The van der Waals surface area contributed by atoms with Crippen molar-refractivity contribution in [3.05, 3.63) is 35.4 Å². The predicted octanol–water partition coefficient (Wildman–Crippen LogP) is 2.05. The van der Waals surface area contributed by atoms with Crippen LogP contribution in [0.1, 0.15) is 35.1 Å². The summed E-state index contributed by atoms with van der Waals surface area (Å²) in [6.07, 6.45) is 1.67. The third-order valence-electron chi connectivity index (χ3n) is 3.11. The van der Waals surface area contributed by atoms with Crippen LogP contribution in [0, 0.1) is 0 Å². The van der Waals surface area contributed by atoms with Crippen molar-refractivity contribution in [3.63, 3.8) is 0 Å². The average Bonchev–Trinajstić information content (AvgIpc) is 2.96. The van der Waals surface area contributed by atoms with Crippen LogP contribution in [-0.2, 0) is 14.2 Å². The minimum Gasteiger partial charge on any atom is -0.428 e. The van der Waals surface area contributed by atoms with Crippen LogP contribution in [-0.4, -0.2) is 25.3 Å². The molecule has 1 saturated heterocycles. The van der Waals surface area contributed by atoms with Gasteiger partial charge in [-0.2, -0.15) is 0 Å². The van der Waals surface area contributed by atoms with Crippen molar-refractivity contribution in [2.45, 2.75) is 25.2 Å². The zero-order chi connectivity index (χ0) is 11.7. The summed E-state index contributed by atoms with van der Waals surface area (Å²) in [4.78, 5) is 11.5. The van der Waals surface area contributed by atoms with E-state index in [4.69, 9.17) is 14.2 Å². The van der Waals surface area contributed by atoms with Gasteiger partial charge in [0, 0.05) is 12.2 Å². The SMILES string of the molecule is O=C1OC(OCC2CCCO2)c2ccccc21. The quantitative estimate of drug-likeness (QED) is 0.751. The fourth-order valence-electron chi connectivity index (χ4n) is 2.21. The molecule has 2 atom stereocenters. The summed E-state index contributed by atoms with van der Waals surface area (Å²) >= 11 is 0. The molecule has 0 bridgehead atoms. The number of ether oxygens (including phenoxy) is 3. The third kappa shape index (κ3) is 2.06. The average molecular weight is 234 g/mol. The summed E-state index contributed by atoms with van der Waals surface area (Å²) < 4.78 is 16.3. The Hall–Kier alpha value is -1.39. The van der Waals surface area contributed by atoms with Gasteiger partial charge in [-0.15, -0.1) is 0 Å². The van der Waals surface area contributed by atoms with Crippen molar-refractivity contribution in [1.29, 1.82) is 0 Å². The van der Waals surface area contributed by atoms with E-state index in [1.165, 1.54) is 0 Å². The van der Waals surface area contributed by atoms with Crippen LogP contribution >= 0.6 is 0 Å². The number of carbonyl (C=O) groups excluding carboxylic acids is 1. The monoisotopic (exact) mass is 234 g/mol. The molecule has 0 radical (unpaired) electrons. The van der Waals surface area contributed by atoms with Crippen LogP contribution < -0.4 is 0 Å². The summed E-state index contributed by atoms with van der Waals surface area (Å²) in [7, 11) is 0. The summed E-state index contributed by atoms with van der Waals surface area (Å²) in [6, 6.07) is 7.32. The lowest BCUT2D eigenvalue weighted by molar-refractivity contribution is -0.125. The first-order valence-electron chi connectivity index (χ1n) is 5.88. The minimum absolute atomic E-state index is 0.140. The van der Waals surface area contributed by atoms with Gasteiger partial charge in [-0.25, -0.2) is 4.79 Å². The predicted molar refractivity (Wildman–Crippen MR) is 59.5 cm³/mol. The van der Waals surface area contributed by atoms with E-state index < -0.39 is 6.29 Å². The van der Waals surface area contributed by atoms with E-state index in [1.54, 1.807) is 6.07 Å². The second-order valence-electron chi connectivity index (χ2n) is 4.29. The molecular weight excluding hydrogens is 220 g/mol. The fourth-order valence-corrected chi connectivity index (χ4v) is 2.21. The molecule has 0 aliphatic carbocycles. The van der Waals surface area contributed by atoms with Gasteiger partial charge in [0.2, 0.25) is 6.29 Å². The first-order valence-corrected chi connectivity index (χ1v) is 5.88. The topological polar surface area (TPSA) is 44.8 Å². The van der Waals surface area contributed by atoms with E-state index in [1.807, 2.05) is 18.2 Å². The third-order valence-corrected chi connectivity index (χ3v) is 3.11. The van der Waals surface area contributed by atoms with Gasteiger partial charge in [-0.3, -0.25) is 0 Å². The molecule has 4 heteroatoms. The summed E-state index contributed by atoms with van der Waals surface area (Å²) in [5, 5.41) is 0. The molecule has 0 N–H and O–H groups in total. The molecule has 17 heavy (non-hydrogen) atoms. The Bertz CT molecular complexity index is 423. The van der Waals surface area contributed by atoms with E-state index in [2.05, 4.69) is 0 Å². The molecule has 1 aromatic carbocycles. The second-order valence-corrected chi connectivity index (χ2v) is 4.29. The molecule has 2 aliphatic rings.